The fourth-order valence-electron chi connectivity index (χ4n) is 3.05. The van der Waals surface area contributed by atoms with Gasteiger partial charge in [-0.1, -0.05) is 18.2 Å². The SMILES string of the molecule is N#Cc1cccnc1-c1cnn2c1CN(C(=O)Nc1ccccc1)CC2. The van der Waals surface area contributed by atoms with Crippen molar-refractivity contribution in [2.45, 2.75) is 13.1 Å². The molecule has 1 aromatic carbocycles. The topological polar surface area (TPSA) is 86.8 Å². The van der Waals surface area contributed by atoms with E-state index >= 15 is 0 Å². The molecule has 128 valence electrons. The van der Waals surface area contributed by atoms with Gasteiger partial charge in [0.2, 0.25) is 0 Å². The van der Waals surface area contributed by atoms with Gasteiger partial charge in [0.15, 0.2) is 0 Å². The first kappa shape index (κ1) is 15.8. The molecule has 1 aliphatic rings. The Morgan fingerprint density at radius 1 is 1.15 bits per heavy atom. The molecule has 1 aliphatic heterocycles. The predicted octanol–water partition coefficient (Wildman–Crippen LogP) is 2.86. The number of anilines is 1. The van der Waals surface area contributed by atoms with Gasteiger partial charge in [0.1, 0.15) is 6.07 Å². The van der Waals surface area contributed by atoms with Crippen LogP contribution in [0.25, 0.3) is 11.3 Å². The molecule has 0 saturated carbocycles. The third-order valence-corrected chi connectivity index (χ3v) is 4.37. The number of para-hydroxylation sites is 1. The van der Waals surface area contributed by atoms with Gasteiger partial charge < -0.3 is 10.2 Å². The summed E-state index contributed by atoms with van der Waals surface area (Å²) in [5.41, 5.74) is 3.53. The highest BCUT2D eigenvalue weighted by Gasteiger charge is 2.25. The highest BCUT2D eigenvalue weighted by molar-refractivity contribution is 5.89. The second-order valence-electron chi connectivity index (χ2n) is 5.96. The molecule has 0 fully saturated rings. The molecule has 4 rings (SSSR count). The molecule has 26 heavy (non-hydrogen) atoms. The number of hydrogen-bond acceptors (Lipinski definition) is 4. The molecule has 7 nitrogen and oxygen atoms in total. The molecule has 3 heterocycles. The molecule has 0 bridgehead atoms. The van der Waals surface area contributed by atoms with Crippen LogP contribution in [0.2, 0.25) is 0 Å². The molecule has 2 amide bonds. The molecular formula is C19H16N6O. The van der Waals surface area contributed by atoms with Crippen molar-refractivity contribution in [3.8, 4) is 17.3 Å². The lowest BCUT2D eigenvalue weighted by atomic mass is 10.1. The Morgan fingerprint density at radius 3 is 2.81 bits per heavy atom. The third-order valence-electron chi connectivity index (χ3n) is 4.37. The molecule has 0 saturated heterocycles. The van der Waals surface area contributed by atoms with E-state index in [9.17, 15) is 10.1 Å². The van der Waals surface area contributed by atoms with Crippen molar-refractivity contribution in [1.29, 1.82) is 5.26 Å². The van der Waals surface area contributed by atoms with Crippen molar-refractivity contribution in [2.75, 3.05) is 11.9 Å². The van der Waals surface area contributed by atoms with Gasteiger partial charge in [-0.15, -0.1) is 0 Å². The number of carbonyl (C=O) groups excluding carboxylic acids is 1. The number of fused-ring (bicyclic) bond motifs is 1. The van der Waals surface area contributed by atoms with Gasteiger partial charge in [-0.3, -0.25) is 9.67 Å². The van der Waals surface area contributed by atoms with Gasteiger partial charge in [-0.05, 0) is 24.3 Å². The highest BCUT2D eigenvalue weighted by atomic mass is 16.2. The third kappa shape index (κ3) is 2.89. The molecule has 0 radical (unpaired) electrons. The second kappa shape index (κ2) is 6.69. The number of urea groups is 1. The van der Waals surface area contributed by atoms with Gasteiger partial charge in [0, 0.05) is 24.0 Å². The van der Waals surface area contributed by atoms with E-state index in [4.69, 9.17) is 0 Å². The summed E-state index contributed by atoms with van der Waals surface area (Å²) >= 11 is 0. The first-order valence-corrected chi connectivity index (χ1v) is 8.27. The zero-order valence-corrected chi connectivity index (χ0v) is 14.0. The van der Waals surface area contributed by atoms with E-state index in [1.165, 1.54) is 0 Å². The highest BCUT2D eigenvalue weighted by Crippen LogP contribution is 2.27. The normalized spacial score (nSPS) is 13.0. The maximum absolute atomic E-state index is 12.6. The molecule has 7 heteroatoms. The lowest BCUT2D eigenvalue weighted by Crippen LogP contribution is -2.41. The zero-order chi connectivity index (χ0) is 17.9. The monoisotopic (exact) mass is 344 g/mol. The van der Waals surface area contributed by atoms with Gasteiger partial charge in [0.25, 0.3) is 0 Å². The van der Waals surface area contributed by atoms with Gasteiger partial charge in [-0.2, -0.15) is 10.4 Å². The number of benzene rings is 1. The van der Waals surface area contributed by atoms with Crippen LogP contribution in [0.1, 0.15) is 11.3 Å². The van der Waals surface area contributed by atoms with E-state index in [0.717, 1.165) is 16.9 Å². The number of pyridine rings is 1. The lowest BCUT2D eigenvalue weighted by molar-refractivity contribution is 0.194. The van der Waals surface area contributed by atoms with E-state index in [-0.39, 0.29) is 6.03 Å². The Bertz CT molecular complexity index is 989. The fraction of sp³-hybridized carbons (Fsp3) is 0.158. The van der Waals surface area contributed by atoms with Crippen molar-refractivity contribution in [3.05, 3.63) is 66.1 Å². The van der Waals surface area contributed by atoms with Crippen LogP contribution in [0.15, 0.2) is 54.9 Å². The predicted molar refractivity (Wildman–Crippen MR) is 96.0 cm³/mol. The van der Waals surface area contributed by atoms with E-state index in [1.807, 2.05) is 35.0 Å². The smallest absolute Gasteiger partial charge is 0.317 e. The van der Waals surface area contributed by atoms with Crippen LogP contribution in [0.3, 0.4) is 0 Å². The molecular weight excluding hydrogens is 328 g/mol. The molecule has 0 spiro atoms. The fourth-order valence-corrected chi connectivity index (χ4v) is 3.05. The van der Waals surface area contributed by atoms with E-state index in [2.05, 4.69) is 21.5 Å². The van der Waals surface area contributed by atoms with Crippen molar-refractivity contribution in [1.82, 2.24) is 19.7 Å². The quantitative estimate of drug-likeness (QED) is 0.774. The number of nitrogens with one attached hydrogen (secondary N) is 1. The van der Waals surface area contributed by atoms with E-state index < -0.39 is 0 Å². The van der Waals surface area contributed by atoms with Crippen LogP contribution < -0.4 is 5.32 Å². The lowest BCUT2D eigenvalue weighted by Gasteiger charge is -2.28. The summed E-state index contributed by atoms with van der Waals surface area (Å²) in [5, 5.41) is 16.6. The summed E-state index contributed by atoms with van der Waals surface area (Å²) in [6.45, 7) is 1.59. The molecule has 0 unspecified atom stereocenters. The van der Waals surface area contributed by atoms with Gasteiger partial charge in [0.05, 0.1) is 36.2 Å². The van der Waals surface area contributed by atoms with E-state index in [0.29, 0.717) is 30.9 Å². The average Bonchev–Trinajstić information content (AvgIpc) is 3.11. The van der Waals surface area contributed by atoms with E-state index in [1.54, 1.807) is 29.4 Å². The van der Waals surface area contributed by atoms with Crippen LogP contribution in [0.5, 0.6) is 0 Å². The first-order valence-electron chi connectivity index (χ1n) is 8.27. The number of rotatable bonds is 2. The Morgan fingerprint density at radius 2 is 2.00 bits per heavy atom. The summed E-state index contributed by atoms with van der Waals surface area (Å²) in [5.74, 6) is 0. The van der Waals surface area contributed by atoms with Crippen LogP contribution >= 0.6 is 0 Å². The number of nitriles is 1. The number of carbonyl (C=O) groups is 1. The number of hydrogen-bond donors (Lipinski definition) is 1. The van der Waals surface area contributed by atoms with Crippen LogP contribution in [0, 0.1) is 11.3 Å². The summed E-state index contributed by atoms with van der Waals surface area (Å²) in [4.78, 5) is 18.7. The maximum Gasteiger partial charge on any atom is 0.322 e. The van der Waals surface area contributed by atoms with Crippen molar-refractivity contribution < 1.29 is 4.79 Å². The number of aromatic nitrogens is 3. The first-order chi connectivity index (χ1) is 12.8. The summed E-state index contributed by atoms with van der Waals surface area (Å²) < 4.78 is 1.87. The van der Waals surface area contributed by atoms with Crippen LogP contribution in [-0.4, -0.2) is 32.2 Å². The van der Waals surface area contributed by atoms with Gasteiger partial charge in [-0.25, -0.2) is 4.79 Å². The molecule has 1 N–H and O–H groups in total. The van der Waals surface area contributed by atoms with Crippen molar-refractivity contribution in [2.24, 2.45) is 0 Å². The minimum Gasteiger partial charge on any atom is -0.317 e. The largest absolute Gasteiger partial charge is 0.322 e. The van der Waals surface area contributed by atoms with Crippen LogP contribution in [0.4, 0.5) is 10.5 Å². The minimum absolute atomic E-state index is 0.156. The Kier molecular flexibility index (Phi) is 4.07. The Labute approximate surface area is 150 Å². The summed E-state index contributed by atoms with van der Waals surface area (Å²) in [6, 6.07) is 14.8. The molecule has 0 aliphatic carbocycles. The summed E-state index contributed by atoms with van der Waals surface area (Å²) in [6.07, 6.45) is 3.38. The second-order valence-corrected chi connectivity index (χ2v) is 5.96. The van der Waals surface area contributed by atoms with Gasteiger partial charge >= 0.3 is 6.03 Å². The Balaban J connectivity index is 1.60. The number of nitrogens with zero attached hydrogens (tertiary/aromatic N) is 5. The summed E-state index contributed by atoms with van der Waals surface area (Å²) in [7, 11) is 0. The average molecular weight is 344 g/mol. The molecule has 3 aromatic rings. The minimum atomic E-state index is -0.156. The zero-order valence-electron chi connectivity index (χ0n) is 14.0. The standard InChI is InChI=1S/C19H16N6O/c20-11-14-5-4-8-21-18(14)16-12-22-25-10-9-24(13-17(16)25)19(26)23-15-6-2-1-3-7-15/h1-8,12H,9-10,13H2,(H,23,26). The molecule has 2 aromatic heterocycles. The van der Waals surface area contributed by atoms with Crippen molar-refractivity contribution >= 4 is 11.7 Å². The Hall–Kier alpha value is -3.66. The maximum atomic E-state index is 12.6. The van der Waals surface area contributed by atoms with Crippen molar-refractivity contribution in [3.63, 3.8) is 0 Å². The molecule has 0 atom stereocenters. The van der Waals surface area contributed by atoms with Crippen LogP contribution in [-0.2, 0) is 13.1 Å². The number of amides is 2.